The normalized spacial score (nSPS) is 13.1. The van der Waals surface area contributed by atoms with Crippen LogP contribution in [0.5, 0.6) is 11.5 Å². The van der Waals surface area contributed by atoms with Crippen LogP contribution in [-0.4, -0.2) is 23.8 Å². The molecule has 0 saturated carbocycles. The first-order valence-corrected chi connectivity index (χ1v) is 11.7. The van der Waals surface area contributed by atoms with E-state index in [0.717, 1.165) is 30.4 Å². The predicted molar refractivity (Wildman–Crippen MR) is 130 cm³/mol. The van der Waals surface area contributed by atoms with E-state index in [-0.39, 0.29) is 30.6 Å². The number of nitrogens with one attached hydrogen (secondary N) is 1. The van der Waals surface area contributed by atoms with Gasteiger partial charge in [0.05, 0.1) is 13.2 Å². The number of amides is 1. The van der Waals surface area contributed by atoms with Crippen molar-refractivity contribution in [3.05, 3.63) is 88.7 Å². The molecular formula is C28H30N2O4. The smallest absolute Gasteiger partial charge is 0.220 e. The number of carbonyl (C=O) groups is 2. The van der Waals surface area contributed by atoms with E-state index in [1.807, 2.05) is 49.4 Å². The number of aromatic nitrogens is 1. The third-order valence-electron chi connectivity index (χ3n) is 6.21. The lowest BCUT2D eigenvalue weighted by Gasteiger charge is -2.17. The molecule has 1 N–H and O–H groups in total. The Balaban J connectivity index is 1.30. The number of fused-ring (bicyclic) bond motifs is 1. The quantitative estimate of drug-likeness (QED) is 0.433. The van der Waals surface area contributed by atoms with Crippen LogP contribution in [0.3, 0.4) is 0 Å². The topological polar surface area (TPSA) is 77.5 Å². The molecule has 6 nitrogen and oxygen atoms in total. The van der Waals surface area contributed by atoms with Crippen LogP contribution < -0.4 is 14.8 Å². The molecule has 3 aromatic rings. The first kappa shape index (κ1) is 23.5. The van der Waals surface area contributed by atoms with E-state index in [2.05, 4.69) is 16.4 Å². The van der Waals surface area contributed by atoms with Gasteiger partial charge in [0, 0.05) is 30.8 Å². The summed E-state index contributed by atoms with van der Waals surface area (Å²) in [5, 5.41) is 2.98. The van der Waals surface area contributed by atoms with Crippen LogP contribution in [-0.2, 0) is 24.2 Å². The van der Waals surface area contributed by atoms with E-state index < -0.39 is 0 Å². The van der Waals surface area contributed by atoms with E-state index in [9.17, 15) is 9.59 Å². The van der Waals surface area contributed by atoms with Gasteiger partial charge >= 0.3 is 0 Å². The number of carbonyl (C=O) groups excluding carboxylic acids is 2. The average Bonchev–Trinajstić information content (AvgIpc) is 3.34. The molecule has 1 amide bonds. The fourth-order valence-electron chi connectivity index (χ4n) is 4.23. The number of benzene rings is 2. The number of hydrogen-bond acceptors (Lipinski definition) is 5. The Kier molecular flexibility index (Phi) is 7.58. The summed E-state index contributed by atoms with van der Waals surface area (Å²) in [7, 11) is 1.59. The van der Waals surface area contributed by atoms with Crippen LogP contribution in [0.4, 0.5) is 0 Å². The maximum absolute atomic E-state index is 12.6. The molecule has 0 radical (unpaired) electrons. The Morgan fingerprint density at radius 1 is 0.971 bits per heavy atom. The molecule has 1 atom stereocenters. The fraction of sp³-hybridized carbons (Fsp3) is 0.321. The highest BCUT2D eigenvalue weighted by Crippen LogP contribution is 2.31. The van der Waals surface area contributed by atoms with Crippen LogP contribution in [0.25, 0.3) is 0 Å². The van der Waals surface area contributed by atoms with Gasteiger partial charge < -0.3 is 14.8 Å². The third-order valence-corrected chi connectivity index (χ3v) is 6.21. The van der Waals surface area contributed by atoms with E-state index in [4.69, 9.17) is 9.47 Å². The molecule has 1 aromatic heterocycles. The summed E-state index contributed by atoms with van der Waals surface area (Å²) in [6, 6.07) is 15.1. The number of Topliss-reactive ketones (excluding diaryl/α,β-unsaturated/α-hetero) is 1. The van der Waals surface area contributed by atoms with Crippen molar-refractivity contribution in [1.82, 2.24) is 10.3 Å². The Bertz CT molecular complexity index is 1160. The van der Waals surface area contributed by atoms with Crippen molar-refractivity contribution in [1.29, 1.82) is 0 Å². The Morgan fingerprint density at radius 3 is 2.56 bits per heavy atom. The fourth-order valence-corrected chi connectivity index (χ4v) is 4.23. The van der Waals surface area contributed by atoms with Crippen LogP contribution in [0, 0.1) is 0 Å². The number of ketones is 1. The van der Waals surface area contributed by atoms with Gasteiger partial charge in [-0.25, -0.2) is 0 Å². The zero-order valence-electron chi connectivity index (χ0n) is 19.7. The van der Waals surface area contributed by atoms with Crippen molar-refractivity contribution in [3.8, 4) is 11.5 Å². The Hall–Kier alpha value is -3.67. The highest BCUT2D eigenvalue weighted by atomic mass is 16.5. The van der Waals surface area contributed by atoms with Gasteiger partial charge in [0.15, 0.2) is 17.3 Å². The number of methoxy groups -OCH3 is 1. The van der Waals surface area contributed by atoms with Crippen LogP contribution in [0.15, 0.2) is 60.9 Å². The number of hydrogen-bond donors (Lipinski definition) is 1. The van der Waals surface area contributed by atoms with Gasteiger partial charge in [0.2, 0.25) is 5.91 Å². The zero-order valence-corrected chi connectivity index (χ0v) is 19.7. The SMILES string of the molecule is COc1cc([C@H](C)NC(=O)CCC(=O)c2ccc3c(c2)CCC3)ccc1OCc1ccncc1. The highest BCUT2D eigenvalue weighted by Gasteiger charge is 2.17. The number of pyridine rings is 1. The summed E-state index contributed by atoms with van der Waals surface area (Å²) in [4.78, 5) is 29.1. The molecule has 2 aromatic carbocycles. The Morgan fingerprint density at radius 2 is 1.76 bits per heavy atom. The minimum atomic E-state index is -0.231. The maximum Gasteiger partial charge on any atom is 0.220 e. The minimum absolute atomic E-state index is 0.00914. The van der Waals surface area contributed by atoms with E-state index in [1.165, 1.54) is 11.1 Å². The summed E-state index contributed by atoms with van der Waals surface area (Å²) in [6.45, 7) is 2.31. The largest absolute Gasteiger partial charge is 0.493 e. The summed E-state index contributed by atoms with van der Waals surface area (Å²) in [6.07, 6.45) is 7.08. The maximum atomic E-state index is 12.6. The number of ether oxygens (including phenoxy) is 2. The first-order chi connectivity index (χ1) is 16.5. The number of aryl methyl sites for hydroxylation is 2. The van der Waals surface area contributed by atoms with Crippen molar-refractivity contribution in [2.45, 2.75) is 51.7 Å². The molecule has 176 valence electrons. The molecule has 0 unspecified atom stereocenters. The molecule has 4 rings (SSSR count). The lowest BCUT2D eigenvalue weighted by molar-refractivity contribution is -0.121. The molecule has 1 aliphatic rings. The van der Waals surface area contributed by atoms with Crippen molar-refractivity contribution >= 4 is 11.7 Å². The van der Waals surface area contributed by atoms with Gasteiger partial charge in [-0.3, -0.25) is 14.6 Å². The molecule has 1 aliphatic carbocycles. The van der Waals surface area contributed by atoms with Crippen LogP contribution in [0.2, 0.25) is 0 Å². The van der Waals surface area contributed by atoms with Crippen molar-refractivity contribution < 1.29 is 19.1 Å². The summed E-state index contributed by atoms with van der Waals surface area (Å²) >= 11 is 0. The van der Waals surface area contributed by atoms with Crippen LogP contribution in [0.1, 0.15) is 64.8 Å². The van der Waals surface area contributed by atoms with E-state index >= 15 is 0 Å². The molecule has 1 heterocycles. The summed E-state index contributed by atoms with van der Waals surface area (Å²) in [5.41, 5.74) is 5.22. The van der Waals surface area contributed by atoms with Gasteiger partial charge in [0.1, 0.15) is 6.61 Å². The molecule has 0 spiro atoms. The zero-order chi connectivity index (χ0) is 23.9. The molecular weight excluding hydrogens is 428 g/mol. The molecule has 0 fully saturated rings. The lowest BCUT2D eigenvalue weighted by Crippen LogP contribution is -2.27. The second kappa shape index (κ2) is 11.0. The van der Waals surface area contributed by atoms with Crippen molar-refractivity contribution in [3.63, 3.8) is 0 Å². The summed E-state index contributed by atoms with van der Waals surface area (Å²) < 4.78 is 11.4. The third kappa shape index (κ3) is 5.81. The van der Waals surface area contributed by atoms with E-state index in [0.29, 0.717) is 23.7 Å². The number of nitrogens with zero attached hydrogens (tertiary/aromatic N) is 1. The molecule has 0 saturated heterocycles. The van der Waals surface area contributed by atoms with Gasteiger partial charge in [0.25, 0.3) is 0 Å². The van der Waals surface area contributed by atoms with Crippen LogP contribution >= 0.6 is 0 Å². The lowest BCUT2D eigenvalue weighted by atomic mass is 10.0. The Labute approximate surface area is 200 Å². The van der Waals surface area contributed by atoms with Gasteiger partial charge in [-0.05, 0) is 78.8 Å². The monoisotopic (exact) mass is 458 g/mol. The van der Waals surface area contributed by atoms with Gasteiger partial charge in [-0.2, -0.15) is 0 Å². The van der Waals surface area contributed by atoms with E-state index in [1.54, 1.807) is 19.5 Å². The standard InChI is InChI=1S/C28H30N2O4/c1-19(22-8-10-26(27(17-22)33-2)34-18-20-12-14-29-15-13-20)30-28(32)11-9-25(31)24-7-6-21-4-3-5-23(21)16-24/h6-8,10,12-17,19H,3-5,9,11,18H2,1-2H3,(H,30,32)/t19-/m0/s1. The predicted octanol–water partition coefficient (Wildman–Crippen LogP) is 5.00. The molecule has 6 heteroatoms. The molecule has 0 bridgehead atoms. The van der Waals surface area contributed by atoms with Gasteiger partial charge in [-0.15, -0.1) is 0 Å². The van der Waals surface area contributed by atoms with Crippen molar-refractivity contribution in [2.24, 2.45) is 0 Å². The minimum Gasteiger partial charge on any atom is -0.493 e. The second-order valence-corrected chi connectivity index (χ2v) is 8.60. The van der Waals surface area contributed by atoms with Crippen molar-refractivity contribution in [2.75, 3.05) is 7.11 Å². The molecule has 0 aliphatic heterocycles. The van der Waals surface area contributed by atoms with Gasteiger partial charge in [-0.1, -0.05) is 18.2 Å². The summed E-state index contributed by atoms with van der Waals surface area (Å²) in [5.74, 6) is 1.08. The number of rotatable bonds is 10. The first-order valence-electron chi connectivity index (χ1n) is 11.7. The highest BCUT2D eigenvalue weighted by molar-refractivity contribution is 5.98. The average molecular weight is 459 g/mol. The molecule has 34 heavy (non-hydrogen) atoms. The second-order valence-electron chi connectivity index (χ2n) is 8.60.